The summed E-state index contributed by atoms with van der Waals surface area (Å²) in [5, 5.41) is 0. The molecule has 2 aromatic carbocycles. The molecular formula is C15H16FNO2. The molecule has 4 heteroatoms. The summed E-state index contributed by atoms with van der Waals surface area (Å²) in [6.07, 6.45) is 0. The van der Waals surface area contributed by atoms with E-state index in [4.69, 9.17) is 15.2 Å². The van der Waals surface area contributed by atoms with Crippen LogP contribution in [0, 0.1) is 5.82 Å². The highest BCUT2D eigenvalue weighted by Gasteiger charge is 2.09. The molecule has 0 bridgehead atoms. The van der Waals surface area contributed by atoms with Gasteiger partial charge in [0.2, 0.25) is 0 Å². The van der Waals surface area contributed by atoms with Crippen LogP contribution < -0.4 is 15.2 Å². The fourth-order valence-electron chi connectivity index (χ4n) is 1.96. The molecular weight excluding hydrogens is 245 g/mol. The van der Waals surface area contributed by atoms with Crippen molar-refractivity contribution >= 4 is 0 Å². The number of benzene rings is 2. The molecule has 0 aliphatic rings. The molecule has 0 radical (unpaired) electrons. The maximum absolute atomic E-state index is 14.0. The van der Waals surface area contributed by atoms with E-state index in [2.05, 4.69) is 0 Å². The number of rotatable bonds is 4. The van der Waals surface area contributed by atoms with E-state index in [1.807, 2.05) is 12.1 Å². The average Bonchev–Trinajstić information content (AvgIpc) is 2.46. The summed E-state index contributed by atoms with van der Waals surface area (Å²) < 4.78 is 24.2. The first-order valence-corrected chi connectivity index (χ1v) is 5.90. The highest BCUT2D eigenvalue weighted by atomic mass is 19.1. The molecule has 3 nitrogen and oxygen atoms in total. The number of halogens is 1. The Morgan fingerprint density at radius 2 is 1.84 bits per heavy atom. The molecule has 0 aromatic heterocycles. The van der Waals surface area contributed by atoms with E-state index < -0.39 is 0 Å². The van der Waals surface area contributed by atoms with Crippen LogP contribution in [-0.4, -0.2) is 14.2 Å². The van der Waals surface area contributed by atoms with Crippen LogP contribution in [0.5, 0.6) is 11.5 Å². The molecule has 0 saturated carbocycles. The third kappa shape index (κ3) is 2.69. The number of methoxy groups -OCH3 is 2. The SMILES string of the molecule is COc1ccc(-c2ccc(OC)c(CN)c2)c(F)c1. The fourth-order valence-corrected chi connectivity index (χ4v) is 1.96. The molecule has 19 heavy (non-hydrogen) atoms. The molecule has 0 heterocycles. The lowest BCUT2D eigenvalue weighted by Crippen LogP contribution is -2.00. The topological polar surface area (TPSA) is 44.5 Å². The smallest absolute Gasteiger partial charge is 0.134 e. The maximum Gasteiger partial charge on any atom is 0.134 e. The molecule has 2 aromatic rings. The minimum Gasteiger partial charge on any atom is -0.497 e. The van der Waals surface area contributed by atoms with Crippen LogP contribution >= 0.6 is 0 Å². The van der Waals surface area contributed by atoms with Gasteiger partial charge in [-0.15, -0.1) is 0 Å². The predicted octanol–water partition coefficient (Wildman–Crippen LogP) is 2.97. The highest BCUT2D eigenvalue weighted by Crippen LogP contribution is 2.30. The van der Waals surface area contributed by atoms with Gasteiger partial charge in [0.25, 0.3) is 0 Å². The number of nitrogens with two attached hydrogens (primary N) is 1. The second-order valence-corrected chi connectivity index (χ2v) is 4.08. The molecule has 2 rings (SSSR count). The van der Waals surface area contributed by atoms with Gasteiger partial charge in [-0.2, -0.15) is 0 Å². The van der Waals surface area contributed by atoms with Crippen molar-refractivity contribution in [1.29, 1.82) is 0 Å². The fraction of sp³-hybridized carbons (Fsp3) is 0.200. The zero-order valence-corrected chi connectivity index (χ0v) is 10.9. The van der Waals surface area contributed by atoms with Crippen molar-refractivity contribution in [2.45, 2.75) is 6.54 Å². The van der Waals surface area contributed by atoms with E-state index in [9.17, 15) is 4.39 Å². The highest BCUT2D eigenvalue weighted by molar-refractivity contribution is 5.67. The third-order valence-electron chi connectivity index (χ3n) is 2.99. The van der Waals surface area contributed by atoms with Gasteiger partial charge >= 0.3 is 0 Å². The van der Waals surface area contributed by atoms with E-state index in [-0.39, 0.29) is 5.82 Å². The van der Waals surface area contributed by atoms with Crippen LogP contribution in [-0.2, 0) is 6.54 Å². The quantitative estimate of drug-likeness (QED) is 0.920. The molecule has 0 amide bonds. The Bertz CT molecular complexity index is 584. The largest absolute Gasteiger partial charge is 0.497 e. The molecule has 0 aliphatic carbocycles. The number of hydrogen-bond donors (Lipinski definition) is 1. The number of ether oxygens (including phenoxy) is 2. The molecule has 0 fully saturated rings. The van der Waals surface area contributed by atoms with Gasteiger partial charge in [-0.3, -0.25) is 0 Å². The molecule has 2 N–H and O–H groups in total. The molecule has 0 aliphatic heterocycles. The van der Waals surface area contributed by atoms with Gasteiger partial charge in [-0.1, -0.05) is 6.07 Å². The average molecular weight is 261 g/mol. The minimum atomic E-state index is -0.326. The van der Waals surface area contributed by atoms with Crippen molar-refractivity contribution in [2.24, 2.45) is 5.73 Å². The predicted molar refractivity (Wildman–Crippen MR) is 72.8 cm³/mol. The lowest BCUT2D eigenvalue weighted by atomic mass is 10.0. The maximum atomic E-state index is 14.0. The second kappa shape index (κ2) is 5.71. The van der Waals surface area contributed by atoms with Crippen molar-refractivity contribution in [2.75, 3.05) is 14.2 Å². The normalized spacial score (nSPS) is 10.3. The van der Waals surface area contributed by atoms with E-state index >= 15 is 0 Å². The Morgan fingerprint density at radius 1 is 1.05 bits per heavy atom. The summed E-state index contributed by atoms with van der Waals surface area (Å²) in [5.41, 5.74) is 7.78. The Labute approximate surface area is 111 Å². The summed E-state index contributed by atoms with van der Waals surface area (Å²) in [7, 11) is 3.09. The Balaban J connectivity index is 2.47. The summed E-state index contributed by atoms with van der Waals surface area (Å²) in [4.78, 5) is 0. The van der Waals surface area contributed by atoms with Gasteiger partial charge in [0.15, 0.2) is 0 Å². The van der Waals surface area contributed by atoms with Crippen molar-refractivity contribution in [3.8, 4) is 22.6 Å². The van der Waals surface area contributed by atoms with Gasteiger partial charge in [0, 0.05) is 23.7 Å². The van der Waals surface area contributed by atoms with Gasteiger partial charge in [0.1, 0.15) is 17.3 Å². The minimum absolute atomic E-state index is 0.326. The van der Waals surface area contributed by atoms with Crippen LogP contribution in [0.2, 0.25) is 0 Å². The first kappa shape index (κ1) is 13.4. The summed E-state index contributed by atoms with van der Waals surface area (Å²) in [6.45, 7) is 0.342. The molecule has 100 valence electrons. The lowest BCUT2D eigenvalue weighted by molar-refractivity contribution is 0.409. The van der Waals surface area contributed by atoms with E-state index in [1.54, 1.807) is 25.3 Å². The van der Waals surface area contributed by atoms with Gasteiger partial charge in [0.05, 0.1) is 14.2 Å². The summed E-state index contributed by atoms with van der Waals surface area (Å²) >= 11 is 0. The Kier molecular flexibility index (Phi) is 4.02. The zero-order valence-electron chi connectivity index (χ0n) is 10.9. The van der Waals surface area contributed by atoms with Crippen LogP contribution in [0.4, 0.5) is 4.39 Å². The lowest BCUT2D eigenvalue weighted by Gasteiger charge is -2.10. The van der Waals surface area contributed by atoms with E-state index in [0.717, 1.165) is 11.1 Å². The Morgan fingerprint density at radius 3 is 2.42 bits per heavy atom. The monoisotopic (exact) mass is 261 g/mol. The first-order valence-electron chi connectivity index (χ1n) is 5.90. The Hall–Kier alpha value is -2.07. The zero-order chi connectivity index (χ0) is 13.8. The number of hydrogen-bond acceptors (Lipinski definition) is 3. The molecule has 0 atom stereocenters. The van der Waals surface area contributed by atoms with Crippen LogP contribution in [0.1, 0.15) is 5.56 Å². The van der Waals surface area contributed by atoms with E-state index in [1.165, 1.54) is 13.2 Å². The van der Waals surface area contributed by atoms with Gasteiger partial charge < -0.3 is 15.2 Å². The van der Waals surface area contributed by atoms with Gasteiger partial charge in [-0.05, 0) is 29.8 Å². The summed E-state index contributed by atoms with van der Waals surface area (Å²) in [5.74, 6) is 0.876. The molecule has 0 unspecified atom stereocenters. The van der Waals surface area contributed by atoms with Crippen molar-refractivity contribution in [1.82, 2.24) is 0 Å². The summed E-state index contributed by atoms with van der Waals surface area (Å²) in [6, 6.07) is 10.2. The first-order chi connectivity index (χ1) is 9.19. The second-order valence-electron chi connectivity index (χ2n) is 4.08. The van der Waals surface area contributed by atoms with Crippen LogP contribution in [0.15, 0.2) is 36.4 Å². The van der Waals surface area contributed by atoms with Gasteiger partial charge in [-0.25, -0.2) is 4.39 Å². The van der Waals surface area contributed by atoms with E-state index in [0.29, 0.717) is 23.6 Å². The molecule has 0 saturated heterocycles. The van der Waals surface area contributed by atoms with Crippen LogP contribution in [0.25, 0.3) is 11.1 Å². The third-order valence-corrected chi connectivity index (χ3v) is 2.99. The van der Waals surface area contributed by atoms with Crippen molar-refractivity contribution in [3.63, 3.8) is 0 Å². The van der Waals surface area contributed by atoms with Crippen LogP contribution in [0.3, 0.4) is 0 Å². The van der Waals surface area contributed by atoms with Crippen molar-refractivity contribution < 1.29 is 13.9 Å². The standard InChI is InChI=1S/C15H16FNO2/c1-18-12-4-5-13(14(16)8-12)10-3-6-15(19-2)11(7-10)9-17/h3-8H,9,17H2,1-2H3. The van der Waals surface area contributed by atoms with Crippen molar-refractivity contribution in [3.05, 3.63) is 47.8 Å². The molecule has 0 spiro atoms.